The third-order valence-corrected chi connectivity index (χ3v) is 4.40. The molecule has 0 aromatic heterocycles. The van der Waals surface area contributed by atoms with E-state index in [2.05, 4.69) is 0 Å². The number of aryl methyl sites for hydroxylation is 1. The van der Waals surface area contributed by atoms with E-state index in [0.29, 0.717) is 11.3 Å². The van der Waals surface area contributed by atoms with E-state index in [0.717, 1.165) is 11.1 Å². The molecule has 2 N–H and O–H groups in total. The predicted octanol–water partition coefficient (Wildman–Crippen LogP) is 1.17. The van der Waals surface area contributed by atoms with Gasteiger partial charge in [-0.15, -0.1) is 0 Å². The fourth-order valence-electron chi connectivity index (χ4n) is 1.76. The number of hydrogen-bond acceptors (Lipinski definition) is 3. The van der Waals surface area contributed by atoms with E-state index in [1.54, 1.807) is 6.07 Å². The highest BCUT2D eigenvalue weighted by atomic mass is 32.2. The molecule has 1 aliphatic heterocycles. The Bertz CT molecular complexity index is 465. The summed E-state index contributed by atoms with van der Waals surface area (Å²) in [5.41, 5.74) is 7.58. The van der Waals surface area contributed by atoms with E-state index in [9.17, 15) is 8.42 Å². The van der Waals surface area contributed by atoms with Gasteiger partial charge in [0.15, 0.2) is 9.84 Å². The molecule has 0 amide bonds. The average Bonchev–Trinajstić information content (AvgIpc) is 2.12. The molecule has 0 aliphatic carbocycles. The monoisotopic (exact) mass is 211 g/mol. The van der Waals surface area contributed by atoms with Crippen molar-refractivity contribution in [1.82, 2.24) is 0 Å². The van der Waals surface area contributed by atoms with Crippen LogP contribution in [0.2, 0.25) is 0 Å². The van der Waals surface area contributed by atoms with Gasteiger partial charge in [0.1, 0.15) is 0 Å². The van der Waals surface area contributed by atoms with E-state index in [4.69, 9.17) is 5.73 Å². The van der Waals surface area contributed by atoms with Crippen LogP contribution in [-0.2, 0) is 9.84 Å². The highest BCUT2D eigenvalue weighted by Gasteiger charge is 2.27. The molecule has 4 heteroatoms. The van der Waals surface area contributed by atoms with Crippen molar-refractivity contribution in [3.8, 4) is 0 Å². The zero-order valence-electron chi connectivity index (χ0n) is 8.03. The summed E-state index contributed by atoms with van der Waals surface area (Å²) in [6.45, 7) is 1.88. The van der Waals surface area contributed by atoms with E-state index in [-0.39, 0.29) is 11.8 Å². The fourth-order valence-corrected chi connectivity index (χ4v) is 3.49. The van der Waals surface area contributed by atoms with Crippen molar-refractivity contribution < 1.29 is 8.42 Å². The lowest BCUT2D eigenvalue weighted by Gasteiger charge is -2.22. The van der Waals surface area contributed by atoms with Gasteiger partial charge in [-0.2, -0.15) is 0 Å². The molecule has 3 nitrogen and oxygen atoms in total. The minimum Gasteiger partial charge on any atom is -0.324 e. The molecular formula is C10H13NO2S. The van der Waals surface area contributed by atoms with Crippen LogP contribution in [0.15, 0.2) is 23.1 Å². The average molecular weight is 211 g/mol. The highest BCUT2D eigenvalue weighted by Crippen LogP contribution is 2.30. The number of nitrogens with two attached hydrogens (primary N) is 1. The first-order chi connectivity index (χ1) is 6.50. The summed E-state index contributed by atoms with van der Waals surface area (Å²) in [6.07, 6.45) is 0.526. The van der Waals surface area contributed by atoms with Crippen molar-refractivity contribution in [2.24, 2.45) is 5.73 Å². The minimum atomic E-state index is -3.08. The van der Waals surface area contributed by atoms with Crippen molar-refractivity contribution >= 4 is 9.84 Å². The topological polar surface area (TPSA) is 60.2 Å². The van der Waals surface area contributed by atoms with Crippen molar-refractivity contribution in [2.75, 3.05) is 5.75 Å². The van der Waals surface area contributed by atoms with Gasteiger partial charge in [0.05, 0.1) is 10.6 Å². The molecule has 1 heterocycles. The van der Waals surface area contributed by atoms with Crippen LogP contribution in [0.5, 0.6) is 0 Å². The summed E-state index contributed by atoms with van der Waals surface area (Å²) in [4.78, 5) is 0.427. The van der Waals surface area contributed by atoms with Crippen molar-refractivity contribution in [1.29, 1.82) is 0 Å². The Hall–Kier alpha value is -0.870. The Morgan fingerprint density at radius 1 is 1.43 bits per heavy atom. The molecule has 0 spiro atoms. The fraction of sp³-hybridized carbons (Fsp3) is 0.400. The van der Waals surface area contributed by atoms with Crippen LogP contribution in [0, 0.1) is 6.92 Å². The van der Waals surface area contributed by atoms with E-state index in [1.165, 1.54) is 0 Å². The Morgan fingerprint density at radius 2 is 2.14 bits per heavy atom. The smallest absolute Gasteiger partial charge is 0.178 e. The maximum absolute atomic E-state index is 11.7. The number of benzene rings is 1. The first-order valence-corrected chi connectivity index (χ1v) is 6.25. The molecule has 2 rings (SSSR count). The minimum absolute atomic E-state index is 0.130. The molecule has 0 fully saturated rings. The summed E-state index contributed by atoms with van der Waals surface area (Å²) in [5.74, 6) is 0.171. The van der Waals surface area contributed by atoms with E-state index in [1.807, 2.05) is 19.1 Å². The largest absolute Gasteiger partial charge is 0.324 e. The van der Waals surface area contributed by atoms with Crippen molar-refractivity contribution in [3.63, 3.8) is 0 Å². The molecule has 0 saturated carbocycles. The Kier molecular flexibility index (Phi) is 2.12. The first kappa shape index (κ1) is 9.68. The number of rotatable bonds is 0. The first-order valence-electron chi connectivity index (χ1n) is 4.59. The Labute approximate surface area is 83.9 Å². The summed E-state index contributed by atoms with van der Waals surface area (Å²) >= 11 is 0. The lowest BCUT2D eigenvalue weighted by Crippen LogP contribution is -2.24. The third-order valence-electron chi connectivity index (χ3n) is 2.60. The normalized spacial score (nSPS) is 24.3. The van der Waals surface area contributed by atoms with Crippen LogP contribution in [0.3, 0.4) is 0 Å². The second-order valence-electron chi connectivity index (χ2n) is 3.76. The second kappa shape index (κ2) is 3.07. The lowest BCUT2D eigenvalue weighted by molar-refractivity contribution is 0.568. The quantitative estimate of drug-likeness (QED) is 0.700. The molecule has 0 radical (unpaired) electrons. The zero-order valence-corrected chi connectivity index (χ0v) is 8.84. The molecule has 0 saturated heterocycles. The summed E-state index contributed by atoms with van der Waals surface area (Å²) < 4.78 is 23.4. The van der Waals surface area contributed by atoms with E-state index < -0.39 is 9.84 Å². The molecule has 76 valence electrons. The molecule has 0 unspecified atom stereocenters. The van der Waals surface area contributed by atoms with Crippen molar-refractivity contribution in [3.05, 3.63) is 29.3 Å². The Morgan fingerprint density at radius 3 is 2.86 bits per heavy atom. The summed E-state index contributed by atoms with van der Waals surface area (Å²) in [5, 5.41) is 0. The van der Waals surface area contributed by atoms with E-state index >= 15 is 0 Å². The predicted molar refractivity (Wildman–Crippen MR) is 54.8 cm³/mol. The number of hydrogen-bond donors (Lipinski definition) is 1. The molecule has 1 aromatic carbocycles. The molecular weight excluding hydrogens is 198 g/mol. The highest BCUT2D eigenvalue weighted by molar-refractivity contribution is 7.91. The van der Waals surface area contributed by atoms with Crippen LogP contribution in [0.25, 0.3) is 0 Å². The summed E-state index contributed by atoms with van der Waals surface area (Å²) in [6, 6.07) is 5.31. The second-order valence-corrected chi connectivity index (χ2v) is 5.83. The summed E-state index contributed by atoms with van der Waals surface area (Å²) in [7, 11) is -3.08. The number of fused-ring (bicyclic) bond motifs is 1. The van der Waals surface area contributed by atoms with Gasteiger partial charge in [-0.1, -0.05) is 12.1 Å². The number of sulfone groups is 1. The van der Waals surface area contributed by atoms with Gasteiger partial charge in [0.2, 0.25) is 0 Å². The SMILES string of the molecule is Cc1ccc2c(c1)S(=O)(=O)CC[C@@H]2N. The van der Waals surface area contributed by atoms with Gasteiger partial charge in [-0.25, -0.2) is 8.42 Å². The molecule has 1 aromatic rings. The van der Waals surface area contributed by atoms with Gasteiger partial charge in [-0.05, 0) is 30.5 Å². The van der Waals surface area contributed by atoms with Gasteiger partial charge in [-0.3, -0.25) is 0 Å². The van der Waals surface area contributed by atoms with Crippen LogP contribution in [-0.4, -0.2) is 14.2 Å². The molecule has 14 heavy (non-hydrogen) atoms. The maximum atomic E-state index is 11.7. The standard InChI is InChI=1S/C10H13NO2S/c1-7-2-3-8-9(11)4-5-14(12,13)10(8)6-7/h2-3,6,9H,4-5,11H2,1H3/t9-/m0/s1. The van der Waals surface area contributed by atoms with Gasteiger partial charge < -0.3 is 5.73 Å². The Balaban J connectivity index is 2.70. The van der Waals surface area contributed by atoms with Crippen LogP contribution in [0.4, 0.5) is 0 Å². The lowest BCUT2D eigenvalue weighted by atomic mass is 10.0. The van der Waals surface area contributed by atoms with Crippen molar-refractivity contribution in [2.45, 2.75) is 24.3 Å². The molecule has 1 aliphatic rings. The third kappa shape index (κ3) is 1.44. The zero-order chi connectivity index (χ0) is 10.3. The van der Waals surface area contributed by atoms with Crippen LogP contribution >= 0.6 is 0 Å². The van der Waals surface area contributed by atoms with Gasteiger partial charge >= 0.3 is 0 Å². The maximum Gasteiger partial charge on any atom is 0.178 e. The molecule has 0 bridgehead atoms. The van der Waals surface area contributed by atoms with Crippen LogP contribution in [0.1, 0.15) is 23.6 Å². The van der Waals surface area contributed by atoms with Gasteiger partial charge in [0, 0.05) is 6.04 Å². The molecule has 1 atom stereocenters. The van der Waals surface area contributed by atoms with Crippen LogP contribution < -0.4 is 5.73 Å². The van der Waals surface area contributed by atoms with Gasteiger partial charge in [0.25, 0.3) is 0 Å².